The molecule has 9 nitrogen and oxygen atoms in total. The summed E-state index contributed by atoms with van der Waals surface area (Å²) < 4.78 is 21.6. The van der Waals surface area contributed by atoms with Gasteiger partial charge in [0.05, 0.1) is 33.6 Å². The van der Waals surface area contributed by atoms with E-state index in [1.807, 2.05) is 0 Å². The zero-order valence-corrected chi connectivity index (χ0v) is 13.9. The van der Waals surface area contributed by atoms with E-state index in [0.717, 1.165) is 0 Å². The third kappa shape index (κ3) is 3.30. The van der Waals surface area contributed by atoms with Gasteiger partial charge in [-0.25, -0.2) is 4.79 Å². The topological polar surface area (TPSA) is 102 Å². The van der Waals surface area contributed by atoms with Crippen molar-refractivity contribution in [3.63, 3.8) is 0 Å². The lowest BCUT2D eigenvalue weighted by Crippen LogP contribution is -2.17. The monoisotopic (exact) mass is 344 g/mol. The second-order valence-corrected chi connectivity index (χ2v) is 5.00. The SMILES string of the molecule is COc1ccc(Cn2c(-c3ccc(OC)c(OC)c3)noc2=O)nn1. The van der Waals surface area contributed by atoms with Gasteiger partial charge in [0.25, 0.3) is 0 Å². The molecule has 0 atom stereocenters. The summed E-state index contributed by atoms with van der Waals surface area (Å²) in [6, 6.07) is 8.58. The molecule has 3 aromatic rings. The van der Waals surface area contributed by atoms with E-state index in [9.17, 15) is 4.79 Å². The fraction of sp³-hybridized carbons (Fsp3) is 0.250. The first kappa shape index (κ1) is 16.5. The summed E-state index contributed by atoms with van der Waals surface area (Å²) in [7, 11) is 4.58. The number of hydrogen-bond donors (Lipinski definition) is 0. The molecule has 0 aliphatic carbocycles. The zero-order valence-electron chi connectivity index (χ0n) is 13.9. The summed E-state index contributed by atoms with van der Waals surface area (Å²) in [6.07, 6.45) is 0. The minimum absolute atomic E-state index is 0.156. The van der Waals surface area contributed by atoms with Crippen LogP contribution in [-0.4, -0.2) is 41.3 Å². The van der Waals surface area contributed by atoms with Gasteiger partial charge in [-0.2, -0.15) is 0 Å². The number of ether oxygens (including phenoxy) is 3. The second-order valence-electron chi connectivity index (χ2n) is 5.00. The Balaban J connectivity index is 1.97. The van der Waals surface area contributed by atoms with Crippen LogP contribution in [0.1, 0.15) is 5.69 Å². The maximum absolute atomic E-state index is 12.0. The smallest absolute Gasteiger partial charge is 0.442 e. The average molecular weight is 344 g/mol. The van der Waals surface area contributed by atoms with Crippen LogP contribution < -0.4 is 20.0 Å². The summed E-state index contributed by atoms with van der Waals surface area (Å²) in [5.41, 5.74) is 1.21. The third-order valence-corrected chi connectivity index (χ3v) is 3.55. The van der Waals surface area contributed by atoms with Crippen LogP contribution in [0.25, 0.3) is 11.4 Å². The molecule has 0 fully saturated rings. The number of methoxy groups -OCH3 is 3. The summed E-state index contributed by atoms with van der Waals surface area (Å²) in [4.78, 5) is 12.0. The normalized spacial score (nSPS) is 10.5. The molecule has 0 amide bonds. The predicted octanol–water partition coefficient (Wildman–Crippen LogP) is 1.37. The van der Waals surface area contributed by atoms with Crippen molar-refractivity contribution in [1.29, 1.82) is 0 Å². The minimum atomic E-state index is -0.595. The Morgan fingerprint density at radius 3 is 2.44 bits per heavy atom. The Labute approximate surface area is 142 Å². The van der Waals surface area contributed by atoms with Crippen molar-refractivity contribution in [2.24, 2.45) is 0 Å². The molecule has 0 unspecified atom stereocenters. The minimum Gasteiger partial charge on any atom is -0.493 e. The van der Waals surface area contributed by atoms with E-state index in [-0.39, 0.29) is 6.54 Å². The molecule has 2 aromatic heterocycles. The summed E-state index contributed by atoms with van der Waals surface area (Å²) in [5, 5.41) is 11.8. The van der Waals surface area contributed by atoms with E-state index in [1.54, 1.807) is 37.4 Å². The first-order valence-electron chi connectivity index (χ1n) is 7.31. The predicted molar refractivity (Wildman–Crippen MR) is 87.0 cm³/mol. The number of aromatic nitrogens is 4. The van der Waals surface area contributed by atoms with E-state index in [2.05, 4.69) is 15.4 Å². The summed E-state index contributed by atoms with van der Waals surface area (Å²) in [5.74, 6) is 1.24. The van der Waals surface area contributed by atoms with Gasteiger partial charge in [0, 0.05) is 11.6 Å². The quantitative estimate of drug-likeness (QED) is 0.661. The van der Waals surface area contributed by atoms with Gasteiger partial charge in [-0.1, -0.05) is 5.16 Å². The first-order chi connectivity index (χ1) is 12.2. The van der Waals surface area contributed by atoms with Crippen LogP contribution in [0.15, 0.2) is 39.6 Å². The van der Waals surface area contributed by atoms with Crippen LogP contribution >= 0.6 is 0 Å². The molecular weight excluding hydrogens is 328 g/mol. The van der Waals surface area contributed by atoms with E-state index in [4.69, 9.17) is 18.7 Å². The molecule has 0 bridgehead atoms. The Bertz CT molecular complexity index is 917. The molecule has 0 saturated carbocycles. The van der Waals surface area contributed by atoms with Gasteiger partial charge in [0.15, 0.2) is 17.3 Å². The van der Waals surface area contributed by atoms with Gasteiger partial charge < -0.3 is 14.2 Å². The lowest BCUT2D eigenvalue weighted by Gasteiger charge is -2.09. The average Bonchev–Trinajstić information content (AvgIpc) is 3.02. The maximum atomic E-state index is 12.0. The van der Waals surface area contributed by atoms with Crippen molar-refractivity contribution in [2.45, 2.75) is 6.54 Å². The highest BCUT2D eigenvalue weighted by atomic mass is 16.5. The number of hydrogen-bond acceptors (Lipinski definition) is 8. The van der Waals surface area contributed by atoms with Crippen LogP contribution in [0.5, 0.6) is 17.4 Å². The van der Waals surface area contributed by atoms with Crippen molar-refractivity contribution in [3.8, 4) is 28.8 Å². The molecule has 0 aliphatic rings. The van der Waals surface area contributed by atoms with Gasteiger partial charge in [-0.15, -0.1) is 10.2 Å². The largest absolute Gasteiger partial charge is 0.493 e. The molecule has 130 valence electrons. The van der Waals surface area contributed by atoms with Gasteiger partial charge in [-0.05, 0) is 24.3 Å². The number of rotatable bonds is 6. The fourth-order valence-electron chi connectivity index (χ4n) is 2.29. The van der Waals surface area contributed by atoms with Gasteiger partial charge in [0.2, 0.25) is 5.88 Å². The summed E-state index contributed by atoms with van der Waals surface area (Å²) >= 11 is 0. The number of nitrogens with zero attached hydrogens (tertiary/aromatic N) is 4. The highest BCUT2D eigenvalue weighted by Crippen LogP contribution is 2.31. The van der Waals surface area contributed by atoms with Gasteiger partial charge in [0.1, 0.15) is 0 Å². The molecule has 0 spiro atoms. The van der Waals surface area contributed by atoms with Crippen LogP contribution in [0.3, 0.4) is 0 Å². The molecule has 3 rings (SSSR count). The highest BCUT2D eigenvalue weighted by Gasteiger charge is 2.16. The van der Waals surface area contributed by atoms with Gasteiger partial charge >= 0.3 is 5.76 Å². The fourth-order valence-corrected chi connectivity index (χ4v) is 2.29. The third-order valence-electron chi connectivity index (χ3n) is 3.55. The standard InChI is InChI=1S/C16H16N4O5/c1-22-12-6-4-10(8-13(12)23-2)15-19-25-16(21)20(15)9-11-5-7-14(24-3)18-17-11/h4-8H,9H2,1-3H3. The molecule has 9 heteroatoms. The van der Waals surface area contributed by atoms with Crippen molar-refractivity contribution >= 4 is 0 Å². The highest BCUT2D eigenvalue weighted by molar-refractivity contribution is 5.61. The maximum Gasteiger partial charge on any atom is 0.442 e. The summed E-state index contributed by atoms with van der Waals surface area (Å²) in [6.45, 7) is 0.156. The molecule has 1 aromatic carbocycles. The molecular formula is C16H16N4O5. The number of benzene rings is 1. The van der Waals surface area contributed by atoms with Crippen LogP contribution in [0, 0.1) is 0 Å². The van der Waals surface area contributed by atoms with Crippen LogP contribution in [0.2, 0.25) is 0 Å². The van der Waals surface area contributed by atoms with Crippen LogP contribution in [0.4, 0.5) is 0 Å². The first-order valence-corrected chi connectivity index (χ1v) is 7.31. The second kappa shape index (κ2) is 7.04. The Morgan fingerprint density at radius 1 is 1.00 bits per heavy atom. The van der Waals surface area contributed by atoms with Crippen molar-refractivity contribution in [1.82, 2.24) is 19.9 Å². The molecule has 0 aliphatic heterocycles. The van der Waals surface area contributed by atoms with Crippen molar-refractivity contribution < 1.29 is 18.7 Å². The lowest BCUT2D eigenvalue weighted by atomic mass is 10.2. The molecule has 0 radical (unpaired) electrons. The molecule has 0 saturated heterocycles. The zero-order chi connectivity index (χ0) is 17.8. The van der Waals surface area contributed by atoms with E-state index >= 15 is 0 Å². The van der Waals surface area contributed by atoms with Crippen LogP contribution in [-0.2, 0) is 6.54 Å². The van der Waals surface area contributed by atoms with Crippen molar-refractivity contribution in [2.75, 3.05) is 21.3 Å². The lowest BCUT2D eigenvalue weighted by molar-refractivity contribution is 0.355. The molecule has 25 heavy (non-hydrogen) atoms. The molecule has 0 N–H and O–H groups in total. The Morgan fingerprint density at radius 2 is 1.80 bits per heavy atom. The van der Waals surface area contributed by atoms with Gasteiger partial charge in [-0.3, -0.25) is 9.09 Å². The van der Waals surface area contributed by atoms with E-state index in [0.29, 0.717) is 34.5 Å². The Hall–Kier alpha value is -3.36. The van der Waals surface area contributed by atoms with Crippen molar-refractivity contribution in [3.05, 3.63) is 46.6 Å². The Kier molecular flexibility index (Phi) is 4.64. The molecule has 2 heterocycles. The van der Waals surface area contributed by atoms with E-state index in [1.165, 1.54) is 18.8 Å². The van der Waals surface area contributed by atoms with E-state index < -0.39 is 5.76 Å².